The molecule has 0 radical (unpaired) electrons. The third-order valence-electron chi connectivity index (χ3n) is 6.78. The number of aliphatic imine (C=N–C) groups is 1. The van der Waals surface area contributed by atoms with Crippen molar-refractivity contribution in [1.29, 1.82) is 0 Å². The van der Waals surface area contributed by atoms with Crippen LogP contribution in [0.4, 0.5) is 0 Å². The van der Waals surface area contributed by atoms with E-state index in [1.54, 1.807) is 0 Å². The van der Waals surface area contributed by atoms with Gasteiger partial charge in [0.2, 0.25) is 0 Å². The van der Waals surface area contributed by atoms with Crippen LogP contribution < -0.4 is 10.6 Å². The average Bonchev–Trinajstić information content (AvgIpc) is 3.22. The van der Waals surface area contributed by atoms with Gasteiger partial charge in [0.25, 0.3) is 0 Å². The summed E-state index contributed by atoms with van der Waals surface area (Å²) in [4.78, 5) is 4.48. The Kier molecular flexibility index (Phi) is 3.74. The molecule has 1 aromatic heterocycles. The zero-order valence-corrected chi connectivity index (χ0v) is 15.5. The van der Waals surface area contributed by atoms with Gasteiger partial charge in [-0.05, 0) is 38.3 Å². The van der Waals surface area contributed by atoms with Crippen molar-refractivity contribution in [2.24, 2.45) is 16.3 Å². The fraction of sp³-hybridized carbons (Fsp3) is 0.571. The Bertz CT molecular complexity index is 806. The van der Waals surface area contributed by atoms with Gasteiger partial charge in [0, 0.05) is 36.4 Å². The molecule has 1 aromatic carbocycles. The Labute approximate surface area is 154 Å². The van der Waals surface area contributed by atoms with Crippen molar-refractivity contribution < 1.29 is 9.15 Å². The van der Waals surface area contributed by atoms with Gasteiger partial charge < -0.3 is 19.8 Å². The molecule has 4 atom stereocenters. The molecule has 1 spiro atoms. The molecule has 2 saturated carbocycles. The Morgan fingerprint density at radius 3 is 2.88 bits per heavy atom. The van der Waals surface area contributed by atoms with E-state index in [1.165, 1.54) is 25.7 Å². The van der Waals surface area contributed by atoms with Crippen molar-refractivity contribution in [2.75, 3.05) is 13.7 Å². The lowest BCUT2D eigenvalue weighted by molar-refractivity contribution is -0.171. The first-order valence-electron chi connectivity index (χ1n) is 9.81. The standard InChI is InChI=1S/C21H27N3O2/c1-13(17-12-14-6-3-4-7-16(14)26-17)23-20(22-2)24-18-15-8-11-25-19(15)21(18)9-5-10-21/h3-4,6-7,12-13,15,18-19H,5,8-11H2,1-2H3,(H2,22,23,24). The summed E-state index contributed by atoms with van der Waals surface area (Å²) in [5, 5.41) is 8.37. The molecular weight excluding hydrogens is 326 g/mol. The van der Waals surface area contributed by atoms with E-state index in [1.807, 2.05) is 25.2 Å². The SMILES string of the molecule is CN=C(NC(C)c1cc2ccccc2o1)NC1C2CCOC2C12CCC2. The Hall–Kier alpha value is -2.01. The summed E-state index contributed by atoms with van der Waals surface area (Å²) in [6.45, 7) is 3.03. The Morgan fingerprint density at radius 2 is 2.15 bits per heavy atom. The molecule has 5 nitrogen and oxygen atoms in total. The molecule has 2 aromatic rings. The fourth-order valence-corrected chi connectivity index (χ4v) is 5.27. The molecule has 2 heterocycles. The number of ether oxygens (including phenoxy) is 1. The highest BCUT2D eigenvalue weighted by Crippen LogP contribution is 2.62. The van der Waals surface area contributed by atoms with E-state index in [2.05, 4.69) is 34.7 Å². The van der Waals surface area contributed by atoms with E-state index in [0.29, 0.717) is 23.5 Å². The van der Waals surface area contributed by atoms with Gasteiger partial charge in [0.15, 0.2) is 5.96 Å². The van der Waals surface area contributed by atoms with E-state index in [0.717, 1.165) is 29.3 Å². The zero-order chi connectivity index (χ0) is 17.7. The summed E-state index contributed by atoms with van der Waals surface area (Å²) in [5.41, 5.74) is 1.28. The van der Waals surface area contributed by atoms with Gasteiger partial charge in [0.1, 0.15) is 11.3 Å². The molecule has 2 aliphatic carbocycles. The summed E-state index contributed by atoms with van der Waals surface area (Å²) in [6, 6.07) is 10.8. The second kappa shape index (κ2) is 6.02. The third kappa shape index (κ3) is 2.29. The highest BCUT2D eigenvalue weighted by molar-refractivity contribution is 5.81. The number of fused-ring (bicyclic) bond motifs is 3. The number of para-hydroxylation sites is 1. The lowest BCUT2D eigenvalue weighted by Crippen LogP contribution is -2.72. The molecule has 2 N–H and O–H groups in total. The molecule has 5 heteroatoms. The van der Waals surface area contributed by atoms with Crippen molar-refractivity contribution >= 4 is 16.9 Å². The van der Waals surface area contributed by atoms with E-state index in [-0.39, 0.29) is 6.04 Å². The first-order valence-corrected chi connectivity index (χ1v) is 9.81. The van der Waals surface area contributed by atoms with Crippen LogP contribution in [0.15, 0.2) is 39.7 Å². The summed E-state index contributed by atoms with van der Waals surface area (Å²) in [7, 11) is 1.84. The summed E-state index contributed by atoms with van der Waals surface area (Å²) < 4.78 is 12.0. The normalized spacial score (nSPS) is 30.5. The van der Waals surface area contributed by atoms with Crippen LogP contribution in [0.1, 0.15) is 44.4 Å². The van der Waals surface area contributed by atoms with Gasteiger partial charge in [-0.2, -0.15) is 0 Å². The van der Waals surface area contributed by atoms with Crippen LogP contribution in [0, 0.1) is 11.3 Å². The molecule has 0 amide bonds. The summed E-state index contributed by atoms with van der Waals surface area (Å²) >= 11 is 0. The maximum atomic E-state index is 6.02. The predicted octanol–water partition coefficient (Wildman–Crippen LogP) is 3.62. The van der Waals surface area contributed by atoms with Crippen molar-refractivity contribution in [3.63, 3.8) is 0 Å². The van der Waals surface area contributed by atoms with E-state index in [9.17, 15) is 0 Å². The first-order chi connectivity index (χ1) is 12.7. The van der Waals surface area contributed by atoms with Crippen molar-refractivity contribution in [3.8, 4) is 0 Å². The summed E-state index contributed by atoms with van der Waals surface area (Å²) in [5.74, 6) is 2.43. The predicted molar refractivity (Wildman–Crippen MR) is 102 cm³/mol. The van der Waals surface area contributed by atoms with E-state index < -0.39 is 0 Å². The van der Waals surface area contributed by atoms with Crippen molar-refractivity contribution in [1.82, 2.24) is 10.6 Å². The van der Waals surface area contributed by atoms with Gasteiger partial charge in [-0.1, -0.05) is 24.6 Å². The number of rotatable bonds is 3. The zero-order valence-electron chi connectivity index (χ0n) is 15.5. The van der Waals surface area contributed by atoms with E-state index in [4.69, 9.17) is 9.15 Å². The van der Waals surface area contributed by atoms with Gasteiger partial charge >= 0.3 is 0 Å². The van der Waals surface area contributed by atoms with Crippen LogP contribution in [0.25, 0.3) is 11.0 Å². The smallest absolute Gasteiger partial charge is 0.191 e. The maximum absolute atomic E-state index is 6.02. The second-order valence-corrected chi connectivity index (χ2v) is 8.08. The van der Waals surface area contributed by atoms with Crippen LogP contribution in [0.5, 0.6) is 0 Å². The average molecular weight is 353 g/mol. The molecule has 1 aliphatic heterocycles. The number of furan rings is 1. The minimum Gasteiger partial charge on any atom is -0.459 e. The minimum atomic E-state index is 0.0571. The number of nitrogens with one attached hydrogen (secondary N) is 2. The van der Waals surface area contributed by atoms with Crippen LogP contribution in [0.3, 0.4) is 0 Å². The molecule has 3 aliphatic rings. The quantitative estimate of drug-likeness (QED) is 0.654. The molecule has 1 saturated heterocycles. The maximum Gasteiger partial charge on any atom is 0.191 e. The number of benzene rings is 1. The molecule has 0 bridgehead atoms. The molecule has 3 fully saturated rings. The summed E-state index contributed by atoms with van der Waals surface area (Å²) in [6.07, 6.45) is 5.52. The number of hydrogen-bond acceptors (Lipinski definition) is 3. The lowest BCUT2D eigenvalue weighted by Gasteiger charge is -2.63. The van der Waals surface area contributed by atoms with Gasteiger partial charge in [-0.3, -0.25) is 4.99 Å². The number of hydrogen-bond donors (Lipinski definition) is 2. The van der Waals surface area contributed by atoms with E-state index >= 15 is 0 Å². The molecule has 5 rings (SSSR count). The topological polar surface area (TPSA) is 58.8 Å². The second-order valence-electron chi connectivity index (χ2n) is 8.08. The van der Waals surface area contributed by atoms with Gasteiger partial charge in [-0.25, -0.2) is 0 Å². The Morgan fingerprint density at radius 1 is 1.31 bits per heavy atom. The largest absolute Gasteiger partial charge is 0.459 e. The highest BCUT2D eigenvalue weighted by atomic mass is 16.5. The highest BCUT2D eigenvalue weighted by Gasteiger charge is 2.66. The number of nitrogens with zero attached hydrogens (tertiary/aromatic N) is 1. The lowest BCUT2D eigenvalue weighted by atomic mass is 9.46. The monoisotopic (exact) mass is 353 g/mol. The van der Waals surface area contributed by atoms with Crippen LogP contribution in [0.2, 0.25) is 0 Å². The van der Waals surface area contributed by atoms with Crippen LogP contribution >= 0.6 is 0 Å². The minimum absolute atomic E-state index is 0.0571. The number of guanidine groups is 1. The Balaban J connectivity index is 1.29. The van der Waals surface area contributed by atoms with Crippen molar-refractivity contribution in [2.45, 2.75) is 50.8 Å². The third-order valence-corrected chi connectivity index (χ3v) is 6.78. The first kappa shape index (κ1) is 16.2. The van der Waals surface area contributed by atoms with Crippen LogP contribution in [-0.4, -0.2) is 31.8 Å². The molecule has 26 heavy (non-hydrogen) atoms. The molecular formula is C21H27N3O2. The molecule has 138 valence electrons. The van der Waals surface area contributed by atoms with Gasteiger partial charge in [0.05, 0.1) is 12.1 Å². The van der Waals surface area contributed by atoms with Crippen LogP contribution in [-0.2, 0) is 4.74 Å². The van der Waals surface area contributed by atoms with Crippen molar-refractivity contribution in [3.05, 3.63) is 36.1 Å². The van der Waals surface area contributed by atoms with Gasteiger partial charge in [-0.15, -0.1) is 0 Å². The molecule has 4 unspecified atom stereocenters. The fourth-order valence-electron chi connectivity index (χ4n) is 5.27.